The van der Waals surface area contributed by atoms with Crippen molar-refractivity contribution in [2.24, 2.45) is 0 Å². The van der Waals surface area contributed by atoms with Crippen LogP contribution in [-0.4, -0.2) is 30.1 Å². The average Bonchev–Trinajstić information content (AvgIpc) is 2.85. The van der Waals surface area contributed by atoms with Gasteiger partial charge < -0.3 is 15.7 Å². The summed E-state index contributed by atoms with van der Waals surface area (Å²) in [5, 5.41) is 15.5. The van der Waals surface area contributed by atoms with Crippen LogP contribution in [0.25, 0.3) is 0 Å². The molecule has 0 aromatic heterocycles. The molecule has 0 spiro atoms. The lowest BCUT2D eigenvalue weighted by molar-refractivity contribution is 0.0949. The van der Waals surface area contributed by atoms with E-state index < -0.39 is 11.7 Å². The number of amides is 1. The van der Waals surface area contributed by atoms with Crippen LogP contribution in [0.4, 0.5) is 4.39 Å². The highest BCUT2D eigenvalue weighted by Crippen LogP contribution is 2.17. The third kappa shape index (κ3) is 3.20. The van der Waals surface area contributed by atoms with Gasteiger partial charge in [-0.2, -0.15) is 0 Å². The number of nitrogens with one attached hydrogen (secondary N) is 2. The summed E-state index contributed by atoms with van der Waals surface area (Å²) in [6, 6.07) is 3.79. The van der Waals surface area contributed by atoms with Gasteiger partial charge in [0.15, 0.2) is 0 Å². The third-order valence-corrected chi connectivity index (χ3v) is 3.14. The molecule has 5 heteroatoms. The van der Waals surface area contributed by atoms with Crippen LogP contribution in [0.3, 0.4) is 0 Å². The van der Waals surface area contributed by atoms with E-state index >= 15 is 0 Å². The monoisotopic (exact) mass is 252 g/mol. The summed E-state index contributed by atoms with van der Waals surface area (Å²) in [5.74, 6) is -1.17. The molecule has 98 valence electrons. The smallest absolute Gasteiger partial charge is 0.255 e. The maximum absolute atomic E-state index is 13.0. The van der Waals surface area contributed by atoms with Crippen molar-refractivity contribution >= 4 is 5.91 Å². The number of phenols is 1. The van der Waals surface area contributed by atoms with Crippen LogP contribution in [0.2, 0.25) is 0 Å². The molecule has 0 unspecified atom stereocenters. The first-order valence-corrected chi connectivity index (χ1v) is 6.17. The Bertz CT molecular complexity index is 431. The van der Waals surface area contributed by atoms with Crippen molar-refractivity contribution in [2.75, 3.05) is 13.1 Å². The fourth-order valence-electron chi connectivity index (χ4n) is 2.15. The summed E-state index contributed by atoms with van der Waals surface area (Å²) in [6.07, 6.45) is 3.15. The van der Waals surface area contributed by atoms with Gasteiger partial charge in [0.25, 0.3) is 5.91 Å². The first-order chi connectivity index (χ1) is 8.66. The van der Waals surface area contributed by atoms with E-state index in [9.17, 15) is 14.3 Å². The van der Waals surface area contributed by atoms with Crippen molar-refractivity contribution in [2.45, 2.75) is 25.3 Å². The summed E-state index contributed by atoms with van der Waals surface area (Å²) in [6.45, 7) is 1.55. The molecule has 2 rings (SSSR count). The molecule has 1 atom stereocenters. The number of phenolic OH excluding ortho intramolecular Hbond substituents is 1. The summed E-state index contributed by atoms with van der Waals surface area (Å²) in [5.41, 5.74) is -0.0191. The molecular formula is C13H17FN2O2. The van der Waals surface area contributed by atoms with Crippen molar-refractivity contribution in [1.82, 2.24) is 10.6 Å². The largest absolute Gasteiger partial charge is 0.507 e. The zero-order valence-corrected chi connectivity index (χ0v) is 10.1. The van der Waals surface area contributed by atoms with Gasteiger partial charge in [0, 0.05) is 12.6 Å². The molecule has 1 saturated heterocycles. The van der Waals surface area contributed by atoms with Gasteiger partial charge in [0.2, 0.25) is 0 Å². The van der Waals surface area contributed by atoms with Gasteiger partial charge in [-0.05, 0) is 44.0 Å². The zero-order valence-electron chi connectivity index (χ0n) is 10.1. The van der Waals surface area contributed by atoms with Crippen LogP contribution in [0, 0.1) is 5.82 Å². The van der Waals surface area contributed by atoms with Crippen molar-refractivity contribution in [3.8, 4) is 5.75 Å². The molecule has 0 saturated carbocycles. The molecule has 3 N–H and O–H groups in total. The van der Waals surface area contributed by atoms with Gasteiger partial charge in [-0.25, -0.2) is 4.39 Å². The Morgan fingerprint density at radius 1 is 1.56 bits per heavy atom. The van der Waals surface area contributed by atoms with Gasteiger partial charge in [-0.15, -0.1) is 0 Å². The Hall–Kier alpha value is -1.62. The quantitative estimate of drug-likeness (QED) is 0.759. The Balaban J connectivity index is 1.85. The minimum Gasteiger partial charge on any atom is -0.507 e. The first-order valence-electron chi connectivity index (χ1n) is 6.17. The number of hydrogen-bond acceptors (Lipinski definition) is 3. The van der Waals surface area contributed by atoms with E-state index in [1.54, 1.807) is 0 Å². The molecule has 1 aliphatic heterocycles. The van der Waals surface area contributed by atoms with Crippen molar-refractivity contribution in [3.05, 3.63) is 29.6 Å². The molecule has 1 aromatic rings. The van der Waals surface area contributed by atoms with Gasteiger partial charge in [0.05, 0.1) is 5.56 Å². The summed E-state index contributed by atoms with van der Waals surface area (Å²) in [7, 11) is 0. The van der Waals surface area contributed by atoms with Crippen molar-refractivity contribution < 1.29 is 14.3 Å². The lowest BCUT2D eigenvalue weighted by Crippen LogP contribution is -2.30. The van der Waals surface area contributed by atoms with Crippen molar-refractivity contribution in [3.63, 3.8) is 0 Å². The van der Waals surface area contributed by atoms with Gasteiger partial charge in [-0.3, -0.25) is 4.79 Å². The number of halogens is 1. The van der Waals surface area contributed by atoms with E-state index in [1.807, 2.05) is 0 Å². The van der Waals surface area contributed by atoms with Crippen LogP contribution in [-0.2, 0) is 0 Å². The van der Waals surface area contributed by atoms with Gasteiger partial charge in [-0.1, -0.05) is 0 Å². The van der Waals surface area contributed by atoms with E-state index in [-0.39, 0.29) is 11.3 Å². The normalized spacial score (nSPS) is 18.8. The van der Waals surface area contributed by atoms with Crippen LogP contribution < -0.4 is 10.6 Å². The second kappa shape index (κ2) is 5.82. The van der Waals surface area contributed by atoms with E-state index in [4.69, 9.17) is 0 Å². The fourth-order valence-corrected chi connectivity index (χ4v) is 2.15. The van der Waals surface area contributed by atoms with E-state index in [1.165, 1.54) is 12.5 Å². The Morgan fingerprint density at radius 2 is 2.39 bits per heavy atom. The van der Waals surface area contributed by atoms with E-state index in [2.05, 4.69) is 10.6 Å². The number of carbonyl (C=O) groups is 1. The summed E-state index contributed by atoms with van der Waals surface area (Å²) < 4.78 is 13.0. The van der Waals surface area contributed by atoms with E-state index in [0.717, 1.165) is 31.5 Å². The van der Waals surface area contributed by atoms with Crippen LogP contribution in [0.1, 0.15) is 29.6 Å². The second-order valence-electron chi connectivity index (χ2n) is 4.50. The number of benzene rings is 1. The van der Waals surface area contributed by atoms with Crippen LogP contribution >= 0.6 is 0 Å². The minimum absolute atomic E-state index is 0.0191. The minimum atomic E-state index is -0.532. The number of rotatable bonds is 4. The SMILES string of the molecule is O=C(NCC[C@H]1CCCN1)c1cc(F)ccc1O. The molecule has 0 bridgehead atoms. The molecule has 1 amide bonds. The standard InChI is InChI=1S/C13H17FN2O2/c14-9-3-4-12(17)11(8-9)13(18)16-7-5-10-2-1-6-15-10/h3-4,8,10,15,17H,1-2,5-7H2,(H,16,18)/t10-/m1/s1. The molecule has 4 nitrogen and oxygen atoms in total. The molecule has 0 aliphatic carbocycles. The average molecular weight is 252 g/mol. The first kappa shape index (κ1) is 12.8. The fraction of sp³-hybridized carbons (Fsp3) is 0.462. The van der Waals surface area contributed by atoms with E-state index in [0.29, 0.717) is 12.6 Å². The third-order valence-electron chi connectivity index (χ3n) is 3.14. The van der Waals surface area contributed by atoms with Crippen LogP contribution in [0.15, 0.2) is 18.2 Å². The maximum Gasteiger partial charge on any atom is 0.255 e. The second-order valence-corrected chi connectivity index (χ2v) is 4.50. The zero-order chi connectivity index (χ0) is 13.0. The highest BCUT2D eigenvalue weighted by atomic mass is 19.1. The highest BCUT2D eigenvalue weighted by Gasteiger charge is 2.15. The number of hydrogen-bond donors (Lipinski definition) is 3. The molecule has 1 fully saturated rings. The Kier molecular flexibility index (Phi) is 4.15. The molecule has 18 heavy (non-hydrogen) atoms. The maximum atomic E-state index is 13.0. The van der Waals surface area contributed by atoms with Gasteiger partial charge >= 0.3 is 0 Å². The number of aromatic hydroxyl groups is 1. The molecule has 1 aliphatic rings. The topological polar surface area (TPSA) is 61.4 Å². The Labute approximate surface area is 105 Å². The van der Waals surface area contributed by atoms with Crippen molar-refractivity contribution in [1.29, 1.82) is 0 Å². The summed E-state index contributed by atoms with van der Waals surface area (Å²) in [4.78, 5) is 11.7. The molecule has 1 heterocycles. The molecular weight excluding hydrogens is 235 g/mol. The Morgan fingerprint density at radius 3 is 3.11 bits per heavy atom. The van der Waals surface area contributed by atoms with Gasteiger partial charge in [0.1, 0.15) is 11.6 Å². The predicted octanol–water partition coefficient (Wildman–Crippen LogP) is 1.40. The lowest BCUT2D eigenvalue weighted by Gasteiger charge is -2.11. The predicted molar refractivity (Wildman–Crippen MR) is 66.0 cm³/mol. The summed E-state index contributed by atoms with van der Waals surface area (Å²) >= 11 is 0. The highest BCUT2D eigenvalue weighted by molar-refractivity contribution is 5.96. The molecule has 0 radical (unpaired) electrons. The lowest BCUT2D eigenvalue weighted by atomic mass is 10.1. The number of carbonyl (C=O) groups excluding carboxylic acids is 1. The van der Waals surface area contributed by atoms with Crippen LogP contribution in [0.5, 0.6) is 5.75 Å². The molecule has 1 aromatic carbocycles.